The Bertz CT molecular complexity index is 974. The van der Waals surface area contributed by atoms with Crippen LogP contribution in [0.3, 0.4) is 0 Å². The van der Waals surface area contributed by atoms with Crippen molar-refractivity contribution in [2.75, 3.05) is 4.90 Å². The monoisotopic (exact) mass is 405 g/mol. The maximum Gasteiger partial charge on any atom is 0.227 e. The lowest BCUT2D eigenvalue weighted by Gasteiger charge is -2.23. The molecule has 1 N–H and O–H groups in total. The number of benzene rings is 2. The van der Waals surface area contributed by atoms with Crippen molar-refractivity contribution in [2.45, 2.75) is 32.9 Å². The van der Waals surface area contributed by atoms with Gasteiger partial charge in [0.05, 0.1) is 13.0 Å². The van der Waals surface area contributed by atoms with E-state index < -0.39 is 0 Å². The van der Waals surface area contributed by atoms with Gasteiger partial charge >= 0.3 is 0 Å². The molecule has 154 valence electrons. The highest BCUT2D eigenvalue weighted by Gasteiger charge is 2.15. The van der Waals surface area contributed by atoms with Gasteiger partial charge in [-0.15, -0.1) is 0 Å². The molecule has 6 heteroatoms. The fourth-order valence-electron chi connectivity index (χ4n) is 3.03. The fraction of sp³-hybridized carbons (Fsp3) is 0.208. The van der Waals surface area contributed by atoms with Crippen LogP contribution in [0.4, 0.5) is 10.1 Å². The van der Waals surface area contributed by atoms with Gasteiger partial charge in [0.2, 0.25) is 11.8 Å². The summed E-state index contributed by atoms with van der Waals surface area (Å²) in [5, 5.41) is 2.89. The Morgan fingerprint density at radius 1 is 0.900 bits per heavy atom. The van der Waals surface area contributed by atoms with Crippen molar-refractivity contribution in [1.82, 2.24) is 10.3 Å². The zero-order valence-corrected chi connectivity index (χ0v) is 16.8. The zero-order chi connectivity index (χ0) is 21.3. The van der Waals surface area contributed by atoms with Crippen LogP contribution in [0, 0.1) is 5.82 Å². The molecule has 0 atom stereocenters. The highest BCUT2D eigenvalue weighted by molar-refractivity contribution is 5.93. The second-order valence-corrected chi connectivity index (χ2v) is 6.94. The van der Waals surface area contributed by atoms with Gasteiger partial charge in [-0.2, -0.15) is 0 Å². The number of rotatable bonds is 8. The SMILES string of the molecule is CCC(=O)N(Cc1ccc(F)cc1)c1ccc(CC(=O)NCc2ccncc2)cc1. The van der Waals surface area contributed by atoms with Gasteiger partial charge in [-0.25, -0.2) is 4.39 Å². The molecule has 0 spiro atoms. The molecular weight excluding hydrogens is 381 g/mol. The van der Waals surface area contributed by atoms with Gasteiger partial charge in [0, 0.05) is 31.0 Å². The maximum atomic E-state index is 13.2. The molecule has 0 saturated carbocycles. The summed E-state index contributed by atoms with van der Waals surface area (Å²) >= 11 is 0. The van der Waals surface area contributed by atoms with Crippen molar-refractivity contribution < 1.29 is 14.0 Å². The second-order valence-electron chi connectivity index (χ2n) is 6.94. The molecular formula is C24H24FN3O2. The van der Waals surface area contributed by atoms with Crippen LogP contribution in [-0.2, 0) is 29.1 Å². The smallest absolute Gasteiger partial charge is 0.227 e. The van der Waals surface area contributed by atoms with Gasteiger partial charge in [0.15, 0.2) is 0 Å². The van der Waals surface area contributed by atoms with E-state index in [0.29, 0.717) is 19.5 Å². The van der Waals surface area contributed by atoms with E-state index in [1.165, 1.54) is 12.1 Å². The first-order valence-corrected chi connectivity index (χ1v) is 9.84. The van der Waals surface area contributed by atoms with Crippen LogP contribution in [0.15, 0.2) is 73.1 Å². The summed E-state index contributed by atoms with van der Waals surface area (Å²) in [5.41, 5.74) is 3.43. The summed E-state index contributed by atoms with van der Waals surface area (Å²) in [6.07, 6.45) is 4.00. The number of nitrogens with one attached hydrogen (secondary N) is 1. The van der Waals surface area contributed by atoms with Crippen molar-refractivity contribution in [3.63, 3.8) is 0 Å². The molecule has 1 aromatic heterocycles. The topological polar surface area (TPSA) is 62.3 Å². The first kappa shape index (κ1) is 21.2. The van der Waals surface area contributed by atoms with Crippen LogP contribution in [0.25, 0.3) is 0 Å². The summed E-state index contributed by atoms with van der Waals surface area (Å²) in [5.74, 6) is -0.409. The van der Waals surface area contributed by atoms with E-state index in [1.54, 1.807) is 29.4 Å². The maximum absolute atomic E-state index is 13.2. The number of anilines is 1. The van der Waals surface area contributed by atoms with E-state index in [-0.39, 0.29) is 24.1 Å². The van der Waals surface area contributed by atoms with Gasteiger partial charge in [0.1, 0.15) is 5.82 Å². The molecule has 1 heterocycles. The quantitative estimate of drug-likeness (QED) is 0.616. The van der Waals surface area contributed by atoms with Crippen molar-refractivity contribution in [3.8, 4) is 0 Å². The number of carbonyl (C=O) groups is 2. The van der Waals surface area contributed by atoms with Crippen molar-refractivity contribution in [2.24, 2.45) is 0 Å². The van der Waals surface area contributed by atoms with Crippen molar-refractivity contribution >= 4 is 17.5 Å². The minimum absolute atomic E-state index is 0.0258. The summed E-state index contributed by atoms with van der Waals surface area (Å²) < 4.78 is 13.2. The van der Waals surface area contributed by atoms with Gasteiger partial charge < -0.3 is 10.2 Å². The van der Waals surface area contributed by atoms with Crippen LogP contribution in [-0.4, -0.2) is 16.8 Å². The lowest BCUT2D eigenvalue weighted by atomic mass is 10.1. The van der Waals surface area contributed by atoms with E-state index in [1.807, 2.05) is 43.3 Å². The number of amides is 2. The number of pyridine rings is 1. The summed E-state index contributed by atoms with van der Waals surface area (Å²) in [7, 11) is 0. The molecule has 0 fully saturated rings. The lowest BCUT2D eigenvalue weighted by molar-refractivity contribution is -0.120. The van der Waals surface area contributed by atoms with Crippen LogP contribution in [0.5, 0.6) is 0 Å². The summed E-state index contributed by atoms with van der Waals surface area (Å²) in [6.45, 7) is 2.62. The highest BCUT2D eigenvalue weighted by atomic mass is 19.1. The Balaban J connectivity index is 1.63. The molecule has 0 aliphatic rings. The Kier molecular flexibility index (Phi) is 7.27. The standard InChI is InChI=1S/C24H24FN3O2/c1-2-24(30)28(17-20-3-7-21(25)8-4-20)22-9-5-18(6-10-22)15-23(29)27-16-19-11-13-26-14-12-19/h3-14H,2,15-17H2,1H3,(H,27,29). The molecule has 2 aromatic carbocycles. The fourth-order valence-corrected chi connectivity index (χ4v) is 3.03. The van der Waals surface area contributed by atoms with Gasteiger partial charge in [0.25, 0.3) is 0 Å². The molecule has 30 heavy (non-hydrogen) atoms. The van der Waals surface area contributed by atoms with E-state index in [9.17, 15) is 14.0 Å². The van der Waals surface area contributed by atoms with Crippen molar-refractivity contribution in [1.29, 1.82) is 0 Å². The van der Waals surface area contributed by atoms with Gasteiger partial charge in [-0.3, -0.25) is 14.6 Å². The minimum atomic E-state index is -0.307. The van der Waals surface area contributed by atoms with E-state index in [2.05, 4.69) is 10.3 Å². The molecule has 0 radical (unpaired) electrons. The molecule has 2 amide bonds. The summed E-state index contributed by atoms with van der Waals surface area (Å²) in [6, 6.07) is 17.2. The normalized spacial score (nSPS) is 10.5. The van der Waals surface area contributed by atoms with E-state index in [0.717, 1.165) is 22.4 Å². The number of aromatic nitrogens is 1. The Hall–Kier alpha value is -3.54. The molecule has 0 aliphatic heterocycles. The number of halogens is 1. The number of nitrogens with zero attached hydrogens (tertiary/aromatic N) is 2. The third kappa shape index (κ3) is 5.98. The zero-order valence-electron chi connectivity index (χ0n) is 16.8. The van der Waals surface area contributed by atoms with Crippen LogP contribution < -0.4 is 10.2 Å². The molecule has 3 rings (SSSR count). The second kappa shape index (κ2) is 10.3. The average Bonchev–Trinajstić information content (AvgIpc) is 2.78. The third-order valence-electron chi connectivity index (χ3n) is 4.71. The van der Waals surface area contributed by atoms with Crippen LogP contribution >= 0.6 is 0 Å². The van der Waals surface area contributed by atoms with E-state index >= 15 is 0 Å². The van der Waals surface area contributed by atoms with Gasteiger partial charge in [-0.1, -0.05) is 31.2 Å². The largest absolute Gasteiger partial charge is 0.352 e. The number of carbonyl (C=O) groups excluding carboxylic acids is 2. The lowest BCUT2D eigenvalue weighted by Crippen LogP contribution is -2.29. The van der Waals surface area contributed by atoms with Crippen molar-refractivity contribution in [3.05, 3.63) is 95.6 Å². The van der Waals surface area contributed by atoms with Crippen LogP contribution in [0.1, 0.15) is 30.0 Å². The molecule has 0 saturated heterocycles. The predicted molar refractivity (Wildman–Crippen MR) is 114 cm³/mol. The third-order valence-corrected chi connectivity index (χ3v) is 4.71. The average molecular weight is 405 g/mol. The molecule has 0 aliphatic carbocycles. The predicted octanol–water partition coefficient (Wildman–Crippen LogP) is 4.02. The Morgan fingerprint density at radius 3 is 2.17 bits per heavy atom. The first-order chi connectivity index (χ1) is 14.5. The Morgan fingerprint density at radius 2 is 1.53 bits per heavy atom. The molecule has 5 nitrogen and oxygen atoms in total. The van der Waals surface area contributed by atoms with Crippen LogP contribution in [0.2, 0.25) is 0 Å². The molecule has 0 unspecified atom stereocenters. The Labute approximate surface area is 175 Å². The number of hydrogen-bond acceptors (Lipinski definition) is 3. The highest BCUT2D eigenvalue weighted by Crippen LogP contribution is 2.20. The molecule has 0 bridgehead atoms. The number of hydrogen-bond donors (Lipinski definition) is 1. The first-order valence-electron chi connectivity index (χ1n) is 9.84. The molecule has 3 aromatic rings. The summed E-state index contributed by atoms with van der Waals surface area (Å²) in [4.78, 5) is 30.3. The minimum Gasteiger partial charge on any atom is -0.352 e. The van der Waals surface area contributed by atoms with E-state index in [4.69, 9.17) is 0 Å². The van der Waals surface area contributed by atoms with Gasteiger partial charge in [-0.05, 0) is 53.1 Å².